The van der Waals surface area contributed by atoms with Gasteiger partial charge in [0.15, 0.2) is 0 Å². The lowest BCUT2D eigenvalue weighted by molar-refractivity contribution is -0.149. The molecule has 10 heteroatoms. The van der Waals surface area contributed by atoms with Gasteiger partial charge in [-0.3, -0.25) is 19.4 Å². The molecule has 4 aromatic rings. The Balaban J connectivity index is 1.36. The van der Waals surface area contributed by atoms with Crippen LogP contribution in [0.3, 0.4) is 0 Å². The van der Waals surface area contributed by atoms with Crippen molar-refractivity contribution in [1.29, 1.82) is 0 Å². The van der Waals surface area contributed by atoms with Crippen LogP contribution in [0.25, 0.3) is 10.8 Å². The maximum Gasteiger partial charge on any atom is 0.249 e. The molecule has 2 N–H and O–H groups in total. The van der Waals surface area contributed by atoms with Crippen LogP contribution in [0.15, 0.2) is 91.3 Å². The van der Waals surface area contributed by atoms with Crippen molar-refractivity contribution in [1.82, 2.24) is 25.4 Å². The fourth-order valence-corrected chi connectivity index (χ4v) is 6.08. The molecule has 252 valence electrons. The number of nitrogens with zero attached hydrogens (tertiary/aromatic N) is 3. The zero-order chi connectivity index (χ0) is 33.9. The highest BCUT2D eigenvalue weighted by molar-refractivity contribution is 5.92. The number of likely N-dealkylation sites (N-methyl/N-ethyl adjacent to an activating group) is 2. The smallest absolute Gasteiger partial charge is 0.249 e. The molecule has 0 bridgehead atoms. The summed E-state index contributed by atoms with van der Waals surface area (Å²) < 4.78 is 19.5. The summed E-state index contributed by atoms with van der Waals surface area (Å²) in [6.45, 7) is 1.56. The standard InChI is InChI=1S/C38H44FN5O4/c1-43(36(45)26-48-25-33-8-5-18-41-33)35(24-29-9-12-30-6-3-4-7-31(30)22-29)38(47)44(2)34(23-28-10-13-32(39)14-11-28)37(46)42-21-17-27-15-19-40-20-16-27/h3-4,6-7,9-16,19-20,22,33-35,41H,5,8,17-18,21,23-26H2,1-2H3,(H,42,46). The van der Waals surface area contributed by atoms with Crippen molar-refractivity contribution in [2.75, 3.05) is 40.4 Å². The maximum atomic E-state index is 14.5. The van der Waals surface area contributed by atoms with E-state index in [-0.39, 0.29) is 49.0 Å². The second-order valence-corrected chi connectivity index (χ2v) is 12.4. The van der Waals surface area contributed by atoms with E-state index >= 15 is 0 Å². The number of hydrogen-bond acceptors (Lipinski definition) is 6. The molecule has 3 unspecified atom stereocenters. The van der Waals surface area contributed by atoms with Crippen molar-refractivity contribution in [2.24, 2.45) is 0 Å². The first-order chi connectivity index (χ1) is 23.3. The normalized spacial score (nSPS) is 15.5. The average molecular weight is 654 g/mol. The monoisotopic (exact) mass is 653 g/mol. The predicted molar refractivity (Wildman–Crippen MR) is 184 cm³/mol. The molecular weight excluding hydrogens is 609 g/mol. The summed E-state index contributed by atoms with van der Waals surface area (Å²) in [4.78, 5) is 48.6. The van der Waals surface area contributed by atoms with E-state index in [2.05, 4.69) is 15.6 Å². The first-order valence-electron chi connectivity index (χ1n) is 16.5. The van der Waals surface area contributed by atoms with E-state index in [9.17, 15) is 18.8 Å². The first-order valence-corrected chi connectivity index (χ1v) is 16.5. The van der Waals surface area contributed by atoms with Gasteiger partial charge in [-0.15, -0.1) is 0 Å². The third kappa shape index (κ3) is 9.45. The lowest BCUT2D eigenvalue weighted by atomic mass is 9.98. The van der Waals surface area contributed by atoms with Crippen molar-refractivity contribution in [3.05, 3.63) is 114 Å². The van der Waals surface area contributed by atoms with E-state index in [1.54, 1.807) is 38.6 Å². The molecule has 3 aromatic carbocycles. The van der Waals surface area contributed by atoms with Crippen LogP contribution in [-0.2, 0) is 38.4 Å². The molecule has 1 aliphatic heterocycles. The van der Waals surface area contributed by atoms with Crippen LogP contribution in [-0.4, -0.2) is 91.0 Å². The number of nitrogens with one attached hydrogen (secondary N) is 2. The number of hydrogen-bond donors (Lipinski definition) is 2. The van der Waals surface area contributed by atoms with Gasteiger partial charge < -0.3 is 25.2 Å². The number of rotatable bonds is 15. The molecule has 1 fully saturated rings. The molecule has 3 atom stereocenters. The van der Waals surface area contributed by atoms with Crippen LogP contribution in [0, 0.1) is 5.82 Å². The minimum absolute atomic E-state index is 0.158. The van der Waals surface area contributed by atoms with Gasteiger partial charge in [0, 0.05) is 51.9 Å². The number of amides is 3. The van der Waals surface area contributed by atoms with Crippen LogP contribution < -0.4 is 10.6 Å². The molecule has 5 rings (SSSR count). The van der Waals surface area contributed by atoms with Gasteiger partial charge in [0.25, 0.3) is 0 Å². The third-order valence-corrected chi connectivity index (χ3v) is 9.02. The van der Waals surface area contributed by atoms with Gasteiger partial charge in [0.05, 0.1) is 6.61 Å². The van der Waals surface area contributed by atoms with Crippen LogP contribution in [0.5, 0.6) is 0 Å². The summed E-state index contributed by atoms with van der Waals surface area (Å²) in [6, 6.07) is 22.0. The van der Waals surface area contributed by atoms with E-state index in [0.29, 0.717) is 25.1 Å². The highest BCUT2D eigenvalue weighted by Gasteiger charge is 2.35. The minimum atomic E-state index is -0.910. The summed E-state index contributed by atoms with van der Waals surface area (Å²) in [5.74, 6) is -1.43. The van der Waals surface area contributed by atoms with Crippen molar-refractivity contribution in [3.63, 3.8) is 0 Å². The molecule has 0 saturated carbocycles. The molecule has 1 aromatic heterocycles. The van der Waals surface area contributed by atoms with E-state index in [4.69, 9.17) is 4.74 Å². The second-order valence-electron chi connectivity index (χ2n) is 12.4. The fraction of sp³-hybridized carbons (Fsp3) is 0.368. The number of benzene rings is 3. The number of fused-ring (bicyclic) bond motifs is 1. The Morgan fingerprint density at radius 2 is 1.60 bits per heavy atom. The second kappa shape index (κ2) is 16.9. The van der Waals surface area contributed by atoms with Gasteiger partial charge in [-0.2, -0.15) is 0 Å². The largest absolute Gasteiger partial charge is 0.370 e. The number of aromatic nitrogens is 1. The van der Waals surface area contributed by atoms with E-state index < -0.39 is 12.1 Å². The molecule has 0 aliphatic carbocycles. The highest BCUT2D eigenvalue weighted by atomic mass is 19.1. The molecule has 1 saturated heterocycles. The fourth-order valence-electron chi connectivity index (χ4n) is 6.08. The van der Waals surface area contributed by atoms with Crippen LogP contribution >= 0.6 is 0 Å². The maximum absolute atomic E-state index is 14.5. The van der Waals surface area contributed by atoms with Gasteiger partial charge in [-0.1, -0.05) is 54.6 Å². The number of halogens is 1. The predicted octanol–water partition coefficient (Wildman–Crippen LogP) is 3.94. The van der Waals surface area contributed by atoms with Gasteiger partial charge in [0.1, 0.15) is 24.5 Å². The van der Waals surface area contributed by atoms with E-state index in [1.165, 1.54) is 21.9 Å². The summed E-state index contributed by atoms with van der Waals surface area (Å²) in [5.41, 5.74) is 2.61. The Labute approximate surface area is 281 Å². The zero-order valence-corrected chi connectivity index (χ0v) is 27.6. The SMILES string of the molecule is CN(C(=O)COCC1CCCN1)C(Cc1ccc2ccccc2c1)C(=O)N(C)C(Cc1ccc(F)cc1)C(=O)NCCc1ccncc1. The quantitative estimate of drug-likeness (QED) is 0.202. The lowest BCUT2D eigenvalue weighted by Gasteiger charge is -2.34. The topological polar surface area (TPSA) is 104 Å². The van der Waals surface area contributed by atoms with Crippen molar-refractivity contribution in [3.8, 4) is 0 Å². The lowest BCUT2D eigenvalue weighted by Crippen LogP contribution is -2.56. The van der Waals surface area contributed by atoms with Gasteiger partial charge in [0.2, 0.25) is 17.7 Å². The van der Waals surface area contributed by atoms with Crippen molar-refractivity contribution < 1.29 is 23.5 Å². The Bertz CT molecular complexity index is 1660. The summed E-state index contributed by atoms with van der Waals surface area (Å²) in [6.07, 6.45) is 6.48. The van der Waals surface area contributed by atoms with Crippen molar-refractivity contribution >= 4 is 28.5 Å². The Morgan fingerprint density at radius 3 is 2.33 bits per heavy atom. The van der Waals surface area contributed by atoms with Crippen LogP contribution in [0.4, 0.5) is 4.39 Å². The Kier molecular flexibility index (Phi) is 12.2. The van der Waals surface area contributed by atoms with E-state index in [0.717, 1.165) is 41.3 Å². The van der Waals surface area contributed by atoms with E-state index in [1.807, 2.05) is 54.6 Å². The summed E-state index contributed by atoms with van der Waals surface area (Å²) in [5, 5.41) is 8.44. The summed E-state index contributed by atoms with van der Waals surface area (Å²) >= 11 is 0. The summed E-state index contributed by atoms with van der Waals surface area (Å²) in [7, 11) is 3.20. The molecule has 3 amide bonds. The number of pyridine rings is 1. The molecule has 1 aliphatic rings. The molecule has 2 heterocycles. The Hall–Kier alpha value is -4.67. The molecule has 9 nitrogen and oxygen atoms in total. The number of carbonyl (C=O) groups is 3. The third-order valence-electron chi connectivity index (χ3n) is 9.02. The zero-order valence-electron chi connectivity index (χ0n) is 27.6. The average Bonchev–Trinajstić information content (AvgIpc) is 3.63. The molecular formula is C38H44FN5O4. The minimum Gasteiger partial charge on any atom is -0.370 e. The number of ether oxygens (including phenoxy) is 1. The van der Waals surface area contributed by atoms with Gasteiger partial charge >= 0.3 is 0 Å². The van der Waals surface area contributed by atoms with Crippen LogP contribution in [0.2, 0.25) is 0 Å². The molecule has 0 radical (unpaired) electrons. The Morgan fingerprint density at radius 1 is 0.896 bits per heavy atom. The highest BCUT2D eigenvalue weighted by Crippen LogP contribution is 2.20. The molecule has 48 heavy (non-hydrogen) atoms. The van der Waals surface area contributed by atoms with Crippen LogP contribution in [0.1, 0.15) is 29.5 Å². The molecule has 0 spiro atoms. The van der Waals surface area contributed by atoms with Gasteiger partial charge in [-0.05, 0) is 77.5 Å². The number of carbonyl (C=O) groups excluding carboxylic acids is 3. The first kappa shape index (κ1) is 34.7. The van der Waals surface area contributed by atoms with Crippen molar-refractivity contribution in [2.45, 2.75) is 50.2 Å². The van der Waals surface area contributed by atoms with Gasteiger partial charge in [-0.25, -0.2) is 4.39 Å².